The van der Waals surface area contributed by atoms with Crippen LogP contribution in [0.3, 0.4) is 0 Å². The molecule has 3 nitrogen and oxygen atoms in total. The SMILES string of the molecule is CCC1C(=S)N(CS)C(=O)N1I. The second-order valence-corrected chi connectivity index (χ2v) is 4.17. The fourth-order valence-electron chi connectivity index (χ4n) is 1.08. The van der Waals surface area contributed by atoms with Crippen molar-refractivity contribution in [2.24, 2.45) is 0 Å². The Morgan fingerprint density at radius 1 is 1.75 bits per heavy atom. The monoisotopic (exact) mass is 316 g/mol. The van der Waals surface area contributed by atoms with E-state index >= 15 is 0 Å². The van der Waals surface area contributed by atoms with E-state index in [4.69, 9.17) is 12.2 Å². The third-order valence-corrected chi connectivity index (χ3v) is 3.63. The van der Waals surface area contributed by atoms with Gasteiger partial charge in [0.1, 0.15) is 4.99 Å². The topological polar surface area (TPSA) is 23.6 Å². The fraction of sp³-hybridized carbons (Fsp3) is 0.667. The van der Waals surface area contributed by atoms with Crippen molar-refractivity contribution in [2.45, 2.75) is 19.4 Å². The van der Waals surface area contributed by atoms with E-state index in [1.54, 1.807) is 3.11 Å². The van der Waals surface area contributed by atoms with Crippen LogP contribution in [0.15, 0.2) is 0 Å². The highest BCUT2D eigenvalue weighted by Crippen LogP contribution is 2.24. The van der Waals surface area contributed by atoms with Crippen LogP contribution < -0.4 is 0 Å². The first-order valence-electron chi connectivity index (χ1n) is 3.54. The maximum Gasteiger partial charge on any atom is 0.335 e. The zero-order valence-corrected chi connectivity index (χ0v) is 10.4. The van der Waals surface area contributed by atoms with Gasteiger partial charge in [0.25, 0.3) is 0 Å². The highest BCUT2D eigenvalue weighted by molar-refractivity contribution is 14.1. The molecule has 0 aliphatic carbocycles. The number of carbonyl (C=O) groups excluding carboxylic acids is 1. The van der Waals surface area contributed by atoms with E-state index in [0.29, 0.717) is 10.9 Å². The molecule has 0 aromatic carbocycles. The summed E-state index contributed by atoms with van der Waals surface area (Å²) in [6.45, 7) is 2.01. The highest BCUT2D eigenvalue weighted by Gasteiger charge is 2.39. The van der Waals surface area contributed by atoms with Gasteiger partial charge in [-0.15, -0.1) is 0 Å². The van der Waals surface area contributed by atoms with Gasteiger partial charge in [0.05, 0.1) is 34.8 Å². The molecule has 1 heterocycles. The smallest absolute Gasteiger partial charge is 0.276 e. The van der Waals surface area contributed by atoms with Crippen LogP contribution in [0.1, 0.15) is 13.3 Å². The van der Waals surface area contributed by atoms with Crippen molar-refractivity contribution in [2.75, 3.05) is 5.88 Å². The van der Waals surface area contributed by atoms with Crippen LogP contribution in [0.25, 0.3) is 0 Å². The van der Waals surface area contributed by atoms with Crippen LogP contribution in [0.2, 0.25) is 0 Å². The van der Waals surface area contributed by atoms with Crippen LogP contribution in [0.4, 0.5) is 4.79 Å². The lowest BCUT2D eigenvalue weighted by molar-refractivity contribution is 0.220. The fourth-order valence-corrected chi connectivity index (χ4v) is 2.98. The van der Waals surface area contributed by atoms with Crippen LogP contribution in [0.5, 0.6) is 0 Å². The number of carbonyl (C=O) groups is 1. The molecule has 0 bridgehead atoms. The molecule has 1 aliphatic rings. The van der Waals surface area contributed by atoms with Gasteiger partial charge in [-0.1, -0.05) is 19.1 Å². The molecule has 1 fully saturated rings. The van der Waals surface area contributed by atoms with Crippen molar-refractivity contribution in [3.05, 3.63) is 0 Å². The van der Waals surface area contributed by atoms with E-state index in [9.17, 15) is 4.79 Å². The molecule has 1 unspecified atom stereocenters. The van der Waals surface area contributed by atoms with Gasteiger partial charge in [-0.05, 0) is 6.42 Å². The van der Waals surface area contributed by atoms with Gasteiger partial charge < -0.3 is 0 Å². The quantitative estimate of drug-likeness (QED) is 0.365. The van der Waals surface area contributed by atoms with Gasteiger partial charge in [-0.3, -0.25) is 8.01 Å². The molecule has 2 amide bonds. The molecule has 0 aromatic heterocycles. The summed E-state index contributed by atoms with van der Waals surface area (Å²) < 4.78 is 1.64. The Bertz CT molecular complexity index is 224. The molecule has 1 rings (SSSR count). The number of amides is 2. The molecule has 1 atom stereocenters. The molecule has 1 aliphatic heterocycles. The molecule has 6 heteroatoms. The lowest BCUT2D eigenvalue weighted by Crippen LogP contribution is -2.28. The minimum absolute atomic E-state index is 0.0533. The van der Waals surface area contributed by atoms with E-state index in [2.05, 4.69) is 12.6 Å². The first kappa shape index (κ1) is 10.5. The first-order chi connectivity index (χ1) is 5.63. The standard InChI is InChI=1S/C6H9IN2OS2/c1-2-4-5(12)8(3-11)6(10)9(4)7/h4,11H,2-3H2,1H3. The largest absolute Gasteiger partial charge is 0.335 e. The lowest BCUT2D eigenvalue weighted by atomic mass is 10.2. The minimum Gasteiger partial charge on any atom is -0.276 e. The lowest BCUT2D eigenvalue weighted by Gasteiger charge is -2.11. The van der Waals surface area contributed by atoms with E-state index in [-0.39, 0.29) is 12.1 Å². The third-order valence-electron chi connectivity index (χ3n) is 1.77. The van der Waals surface area contributed by atoms with Crippen LogP contribution in [0, 0.1) is 0 Å². The molecule has 1 saturated heterocycles. The molecule has 0 saturated carbocycles. The number of halogens is 1. The number of rotatable bonds is 2. The second-order valence-electron chi connectivity index (χ2n) is 2.43. The van der Waals surface area contributed by atoms with Gasteiger partial charge >= 0.3 is 6.03 Å². The number of thiocarbonyl (C=S) groups is 1. The van der Waals surface area contributed by atoms with Crippen molar-refractivity contribution >= 4 is 58.7 Å². The zero-order chi connectivity index (χ0) is 9.30. The summed E-state index contributed by atoms with van der Waals surface area (Å²) in [6, 6.07) is 0.0164. The summed E-state index contributed by atoms with van der Waals surface area (Å²) in [5.41, 5.74) is 0. The van der Waals surface area contributed by atoms with Crippen LogP contribution >= 0.6 is 47.7 Å². The van der Waals surface area contributed by atoms with Gasteiger partial charge in [0.15, 0.2) is 0 Å². The van der Waals surface area contributed by atoms with Crippen molar-refractivity contribution in [1.29, 1.82) is 0 Å². The molecular formula is C6H9IN2OS2. The average molecular weight is 316 g/mol. The van der Waals surface area contributed by atoms with Gasteiger partial charge in [-0.25, -0.2) is 4.79 Å². The Labute approximate surface area is 96.4 Å². The Hall–Kier alpha value is 0.440. The molecule has 0 radical (unpaired) electrons. The molecule has 0 spiro atoms. The first-order valence-corrected chi connectivity index (χ1v) is 5.55. The highest BCUT2D eigenvalue weighted by atomic mass is 127. The average Bonchev–Trinajstić information content (AvgIpc) is 2.25. The predicted octanol–water partition coefficient (Wildman–Crippen LogP) is 2.07. The van der Waals surface area contributed by atoms with E-state index in [0.717, 1.165) is 6.42 Å². The maximum atomic E-state index is 11.4. The number of thiol groups is 1. The Morgan fingerprint density at radius 2 is 2.33 bits per heavy atom. The molecule has 0 N–H and O–H groups in total. The Balaban J connectivity index is 2.85. The summed E-state index contributed by atoms with van der Waals surface area (Å²) in [4.78, 5) is 13.6. The van der Waals surface area contributed by atoms with E-state index in [1.807, 2.05) is 29.8 Å². The minimum atomic E-state index is -0.0533. The summed E-state index contributed by atoms with van der Waals surface area (Å²) in [5.74, 6) is 0.369. The zero-order valence-electron chi connectivity index (χ0n) is 6.53. The van der Waals surface area contributed by atoms with Crippen LogP contribution in [-0.4, -0.2) is 31.0 Å². The Morgan fingerprint density at radius 3 is 2.58 bits per heavy atom. The van der Waals surface area contributed by atoms with Crippen molar-refractivity contribution in [3.8, 4) is 0 Å². The number of urea groups is 1. The molecule has 12 heavy (non-hydrogen) atoms. The summed E-state index contributed by atoms with van der Waals surface area (Å²) >= 11 is 11.2. The number of hydrogen-bond donors (Lipinski definition) is 1. The van der Waals surface area contributed by atoms with Gasteiger partial charge in [-0.2, -0.15) is 12.6 Å². The maximum absolute atomic E-state index is 11.4. The number of hydrogen-bond acceptors (Lipinski definition) is 3. The normalized spacial score (nSPS) is 24.1. The summed E-state index contributed by atoms with van der Waals surface area (Å²) in [6.07, 6.45) is 0.859. The number of nitrogens with zero attached hydrogens (tertiary/aromatic N) is 2. The van der Waals surface area contributed by atoms with Gasteiger partial charge in [0, 0.05) is 0 Å². The third kappa shape index (κ3) is 1.56. The second kappa shape index (κ2) is 4.10. The molecule has 68 valence electrons. The van der Waals surface area contributed by atoms with Crippen molar-refractivity contribution in [1.82, 2.24) is 8.01 Å². The predicted molar refractivity (Wildman–Crippen MR) is 63.6 cm³/mol. The van der Waals surface area contributed by atoms with Gasteiger partial charge in [0.2, 0.25) is 0 Å². The van der Waals surface area contributed by atoms with E-state index in [1.165, 1.54) is 4.90 Å². The van der Waals surface area contributed by atoms with Crippen molar-refractivity contribution < 1.29 is 4.79 Å². The van der Waals surface area contributed by atoms with E-state index < -0.39 is 0 Å². The Kier molecular flexibility index (Phi) is 3.59. The molecular weight excluding hydrogens is 307 g/mol. The molecule has 0 aromatic rings. The van der Waals surface area contributed by atoms with Crippen molar-refractivity contribution in [3.63, 3.8) is 0 Å². The van der Waals surface area contributed by atoms with Crippen LogP contribution in [-0.2, 0) is 0 Å². The summed E-state index contributed by atoms with van der Waals surface area (Å²) in [7, 11) is 0. The summed E-state index contributed by atoms with van der Waals surface area (Å²) in [5, 5.41) is 0.